The molecule has 0 aliphatic carbocycles. The van der Waals surface area contributed by atoms with E-state index in [-0.39, 0.29) is 49.3 Å². The van der Waals surface area contributed by atoms with Gasteiger partial charge >= 0.3 is 0 Å². The molecule has 12 aromatic rings. The maximum absolute atomic E-state index is 8.12. The molecule has 0 spiro atoms. The molecule has 0 saturated heterocycles. The number of rotatable bonds is 12. The molecule has 0 fully saturated rings. The van der Waals surface area contributed by atoms with E-state index in [4.69, 9.17) is 4.11 Å². The summed E-state index contributed by atoms with van der Waals surface area (Å²) in [6.45, 7) is 40.3. The second-order valence-corrected chi connectivity index (χ2v) is 34.4. The number of fused-ring (bicyclic) bond motifs is 8. The van der Waals surface area contributed by atoms with Crippen molar-refractivity contribution in [1.82, 2.24) is 0 Å². The summed E-state index contributed by atoms with van der Waals surface area (Å²) < 4.78 is 24.4. The van der Waals surface area contributed by atoms with E-state index in [0.717, 1.165) is 41.4 Å². The van der Waals surface area contributed by atoms with Gasteiger partial charge in [-0.15, -0.1) is 0 Å². The van der Waals surface area contributed by atoms with Gasteiger partial charge in [0.05, 0.1) is 91.0 Å². The zero-order chi connectivity index (χ0) is 88.2. The van der Waals surface area contributed by atoms with E-state index in [9.17, 15) is 0 Å². The van der Waals surface area contributed by atoms with Crippen LogP contribution in [-0.4, -0.2) is 103 Å². The van der Waals surface area contributed by atoms with E-state index in [2.05, 4.69) is 455 Å². The zero-order valence-electron chi connectivity index (χ0n) is 78.2. The Hall–Kier alpha value is -12.6. The summed E-state index contributed by atoms with van der Waals surface area (Å²) in [7, 11) is 6.47. The molecular weight excluding hydrogens is 1500 g/mol. The van der Waals surface area contributed by atoms with Crippen molar-refractivity contribution in [2.24, 2.45) is 0 Å². The number of hydrogen-bond acceptors (Lipinski definition) is 16. The second-order valence-electron chi connectivity index (χ2n) is 34.4. The Balaban J connectivity index is 0.000000118. The van der Waals surface area contributed by atoms with Crippen molar-refractivity contribution in [1.29, 1.82) is 0 Å². The van der Waals surface area contributed by atoms with Gasteiger partial charge in [-0.3, -0.25) is 0 Å². The van der Waals surface area contributed by atoms with Crippen molar-refractivity contribution in [2.45, 2.75) is 186 Å². The molecule has 16 nitrogen and oxygen atoms in total. The van der Waals surface area contributed by atoms with Gasteiger partial charge in [0.25, 0.3) is 0 Å². The third kappa shape index (κ3) is 13.2. The van der Waals surface area contributed by atoms with Crippen LogP contribution in [0.2, 0.25) is 0 Å². The van der Waals surface area contributed by atoms with Crippen LogP contribution in [-0.2, 0) is 0 Å². The predicted molar refractivity (Wildman–Crippen MR) is 524 cm³/mol. The first-order chi connectivity index (χ1) is 60.1. The maximum atomic E-state index is 8.12. The zero-order valence-corrected chi connectivity index (χ0v) is 75.2. The van der Waals surface area contributed by atoms with Gasteiger partial charge in [0, 0.05) is 103 Å². The van der Waals surface area contributed by atoms with Crippen molar-refractivity contribution >= 4 is 136 Å². The summed E-state index contributed by atoms with van der Waals surface area (Å²) in [5, 5.41) is 0. The molecule has 8 atom stereocenters. The lowest BCUT2D eigenvalue weighted by atomic mass is 10.1. The molecule has 0 N–H and O–H groups in total. The lowest BCUT2D eigenvalue weighted by Gasteiger charge is -2.36. The summed E-state index contributed by atoms with van der Waals surface area (Å²) in [6.07, 6.45) is 1.46. The highest BCUT2D eigenvalue weighted by atomic mass is 15.5. The fraction of sp³-hybridized carbons (Fsp3) is 0.321. The van der Waals surface area contributed by atoms with Gasteiger partial charge in [-0.05, 0) is 292 Å². The van der Waals surface area contributed by atoms with Gasteiger partial charge in [-0.2, -0.15) is 0 Å². The number of hydrogen-bond donors (Lipinski definition) is 0. The molecule has 0 radical (unpaired) electrons. The van der Waals surface area contributed by atoms with E-state index in [1.807, 2.05) is 31.2 Å². The third-order valence-electron chi connectivity index (χ3n) is 27.4. The Labute approximate surface area is 731 Å². The minimum absolute atomic E-state index is 0.170. The van der Waals surface area contributed by atoms with Gasteiger partial charge in [0.15, 0.2) is 0 Å². The highest BCUT2D eigenvalue weighted by Crippen LogP contribution is 2.56. The molecule has 8 heterocycles. The largest absolute Gasteiger partial charge is 0.353 e. The Morgan fingerprint density at radius 1 is 0.213 bits per heavy atom. The van der Waals surface area contributed by atoms with Gasteiger partial charge in [-0.25, -0.2) is 0 Å². The Morgan fingerprint density at radius 3 is 0.598 bits per heavy atom. The lowest BCUT2D eigenvalue weighted by molar-refractivity contribution is 0.603. The van der Waals surface area contributed by atoms with Gasteiger partial charge in [0.2, 0.25) is 0 Å². The molecule has 122 heavy (non-hydrogen) atoms. The van der Waals surface area contributed by atoms with Crippen molar-refractivity contribution in [3.63, 3.8) is 0 Å². The van der Waals surface area contributed by atoms with Gasteiger partial charge in [0.1, 0.15) is 49.3 Å². The van der Waals surface area contributed by atoms with Crippen LogP contribution < -0.4 is 78.4 Å². The van der Waals surface area contributed by atoms with Gasteiger partial charge in [-0.1, -0.05) is 121 Å². The molecule has 16 heteroatoms. The maximum Gasteiger partial charge on any atom is 0.104 e. The van der Waals surface area contributed by atoms with Crippen molar-refractivity contribution in [2.75, 3.05) is 120 Å². The highest BCUT2D eigenvalue weighted by molar-refractivity contribution is 5.96. The van der Waals surface area contributed by atoms with Crippen molar-refractivity contribution in [3.8, 4) is 0 Å². The number of anilines is 24. The molecule has 0 unspecified atom stereocenters. The van der Waals surface area contributed by atoms with E-state index < -0.39 is 6.98 Å². The average molecular weight is 1630 g/mol. The van der Waals surface area contributed by atoms with Crippen LogP contribution in [0.25, 0.3) is 0 Å². The van der Waals surface area contributed by atoms with E-state index in [1.54, 1.807) is 0 Å². The molecule has 0 bridgehead atoms. The Kier molecular flexibility index (Phi) is 21.0. The molecule has 8 aliphatic rings. The number of nitrogens with zero attached hydrogens (tertiary/aromatic N) is 16. The average Bonchev–Trinajstić information content (AvgIpc) is 1.58. The van der Waals surface area contributed by atoms with Crippen LogP contribution >= 0.6 is 0 Å². The van der Waals surface area contributed by atoms with E-state index in [1.165, 1.54) is 135 Å². The van der Waals surface area contributed by atoms with Crippen LogP contribution in [0.3, 0.4) is 0 Å². The highest BCUT2D eigenvalue weighted by Gasteiger charge is 2.44. The van der Waals surface area contributed by atoms with Crippen LogP contribution in [0, 0.1) is 27.7 Å². The summed E-state index contributed by atoms with van der Waals surface area (Å²) in [5.74, 6) is 0. The number of para-hydroxylation sites is 16. The molecule has 20 rings (SSSR count). The smallest absolute Gasteiger partial charge is 0.104 e. The molecule has 0 saturated carbocycles. The SMILES string of the molecule is CCN1c2ccccc2N(c2cccc(N3c4ccccc4N(CC)[C@@H]3C)c2C)[C@@H]1C.Cc1c(N2c3ccccc3N(C(C)C)[C@@H]2C)cccc1N1c2ccccc2N(C(C)C)[C@H]1C.Cc1c(N2c3ccccc3N(C)[C@H]2C)cccc1N1c2ccccc2N(C)[C@@H]1C.[2H]C([2H])([2H])N1c2ccccc2N(c2cccc(N3c4ccccc4N(C)[C@@H]3C)c2C)[C@@H]1C. The standard InChI is InChI=1S/C29H36N4.C27H32N4.2C25H28N4/c1-19(2)30-22(6)32(28-15-10-8-13-26(28)30)24-17-12-18-25(21(24)5)33-23(7)31(20(3)4)27-14-9-11-16-29(27)33;1-6-28-20(4)30(26-15-10-8-13-24(26)28)22-17-12-18-23(19(22)3)31-21(5)29(7-2)25-14-9-11-16-27(25)31;2*1-17-20(28-18(2)26(4)22-11-6-8-13-24(22)28)15-10-16-21(17)29-19(3)27(5)23-12-7-9-14-25(23)29/h8-20,22-23H,1-7H3;8-18,20-21H,6-7H2,1-5H3;2*6-16,18-19H,1-5H3/t22-,23+;20-,21+;2*18-,19+/i;;4D3;/m..1./s1. The van der Waals surface area contributed by atoms with Crippen LogP contribution in [0.5, 0.6) is 0 Å². The minimum Gasteiger partial charge on any atom is -0.353 e. The molecule has 12 aromatic carbocycles. The molecular formula is C106H124N16. The van der Waals surface area contributed by atoms with Gasteiger partial charge < -0.3 is 78.4 Å². The molecule has 628 valence electrons. The second kappa shape index (κ2) is 32.8. The predicted octanol–water partition coefficient (Wildman–Crippen LogP) is 25.8. The first-order valence-corrected chi connectivity index (χ1v) is 44.1. The van der Waals surface area contributed by atoms with Crippen molar-refractivity contribution in [3.05, 3.63) is 289 Å². The molecule has 8 aliphatic heterocycles. The minimum atomic E-state index is -2.22. The van der Waals surface area contributed by atoms with Crippen LogP contribution in [0.4, 0.5) is 136 Å². The normalized spacial score (nSPS) is 20.5. The van der Waals surface area contributed by atoms with E-state index >= 15 is 0 Å². The van der Waals surface area contributed by atoms with E-state index in [0.29, 0.717) is 12.1 Å². The number of benzene rings is 12. The third-order valence-corrected chi connectivity index (χ3v) is 27.4. The van der Waals surface area contributed by atoms with Crippen LogP contribution in [0.15, 0.2) is 267 Å². The summed E-state index contributed by atoms with van der Waals surface area (Å²) in [4.78, 5) is 38.0. The fourth-order valence-electron chi connectivity index (χ4n) is 21.2. The summed E-state index contributed by atoms with van der Waals surface area (Å²) in [5.41, 5.74) is 34.5. The first kappa shape index (κ1) is 78.0. The Morgan fingerprint density at radius 2 is 0.377 bits per heavy atom. The Bertz CT molecular complexity index is 5720. The van der Waals surface area contributed by atoms with Crippen molar-refractivity contribution < 1.29 is 4.11 Å². The first-order valence-electron chi connectivity index (χ1n) is 45.6. The van der Waals surface area contributed by atoms with Crippen LogP contribution in [0.1, 0.15) is 123 Å². The lowest BCUT2D eigenvalue weighted by Crippen LogP contribution is -2.43. The summed E-state index contributed by atoms with van der Waals surface area (Å²) >= 11 is 0. The topological polar surface area (TPSA) is 51.8 Å². The fourth-order valence-corrected chi connectivity index (χ4v) is 21.2. The monoisotopic (exact) mass is 1620 g/mol. The molecule has 0 amide bonds. The quantitative estimate of drug-likeness (QED) is 0.117. The summed E-state index contributed by atoms with van der Waals surface area (Å²) in [6, 6.07) is 96.2. The molecule has 0 aromatic heterocycles.